The SMILES string of the molecule is CSCCCn1c(C(C)Cl)nc2cc(Br)ccc21. The number of hydrogen-bond donors (Lipinski definition) is 0. The van der Waals surface area contributed by atoms with E-state index in [0.717, 1.165) is 34.5 Å². The molecular formula is C13H16BrClN2S. The number of benzene rings is 1. The van der Waals surface area contributed by atoms with Crippen molar-refractivity contribution >= 4 is 50.3 Å². The maximum absolute atomic E-state index is 6.23. The highest BCUT2D eigenvalue weighted by atomic mass is 79.9. The van der Waals surface area contributed by atoms with Gasteiger partial charge in [0.05, 0.1) is 16.4 Å². The number of halogens is 2. The van der Waals surface area contributed by atoms with Gasteiger partial charge in [-0.3, -0.25) is 0 Å². The van der Waals surface area contributed by atoms with E-state index in [0.29, 0.717) is 0 Å². The Labute approximate surface area is 125 Å². The maximum atomic E-state index is 6.23. The van der Waals surface area contributed by atoms with Crippen LogP contribution in [-0.2, 0) is 6.54 Å². The Bertz CT molecular complexity index is 539. The highest BCUT2D eigenvalue weighted by Gasteiger charge is 2.14. The third kappa shape index (κ3) is 3.03. The summed E-state index contributed by atoms with van der Waals surface area (Å²) in [4.78, 5) is 4.65. The van der Waals surface area contributed by atoms with Crippen molar-refractivity contribution in [2.24, 2.45) is 0 Å². The zero-order chi connectivity index (χ0) is 13.1. The summed E-state index contributed by atoms with van der Waals surface area (Å²) in [5, 5.41) is -0.0644. The normalized spacial score (nSPS) is 13.1. The van der Waals surface area contributed by atoms with Gasteiger partial charge in [0.1, 0.15) is 5.82 Å². The maximum Gasteiger partial charge on any atom is 0.127 e. The lowest BCUT2D eigenvalue weighted by molar-refractivity contribution is 0.658. The van der Waals surface area contributed by atoms with E-state index in [1.165, 1.54) is 5.52 Å². The number of aromatic nitrogens is 2. The van der Waals surface area contributed by atoms with Crippen LogP contribution in [0.3, 0.4) is 0 Å². The third-order valence-corrected chi connectivity index (χ3v) is 4.21. The highest BCUT2D eigenvalue weighted by Crippen LogP contribution is 2.27. The fourth-order valence-corrected chi connectivity index (χ4v) is 2.96. The van der Waals surface area contributed by atoms with Crippen LogP contribution < -0.4 is 0 Å². The molecule has 18 heavy (non-hydrogen) atoms. The summed E-state index contributed by atoms with van der Waals surface area (Å²) in [7, 11) is 0. The van der Waals surface area contributed by atoms with Crippen molar-refractivity contribution in [2.75, 3.05) is 12.0 Å². The van der Waals surface area contributed by atoms with E-state index in [4.69, 9.17) is 11.6 Å². The Morgan fingerprint density at radius 3 is 2.94 bits per heavy atom. The number of alkyl halides is 1. The summed E-state index contributed by atoms with van der Waals surface area (Å²) >= 11 is 11.6. The molecule has 0 radical (unpaired) electrons. The van der Waals surface area contributed by atoms with E-state index in [1.807, 2.05) is 24.8 Å². The molecule has 0 bridgehead atoms. The molecule has 5 heteroatoms. The first-order chi connectivity index (χ1) is 8.63. The van der Waals surface area contributed by atoms with Crippen LogP contribution in [0.5, 0.6) is 0 Å². The van der Waals surface area contributed by atoms with E-state index in [1.54, 1.807) is 0 Å². The molecule has 1 unspecified atom stereocenters. The van der Waals surface area contributed by atoms with Gasteiger partial charge in [0, 0.05) is 11.0 Å². The predicted octanol–water partition coefficient (Wildman–Crippen LogP) is 4.85. The summed E-state index contributed by atoms with van der Waals surface area (Å²) in [6.45, 7) is 2.95. The second-order valence-corrected chi connectivity index (χ2v) is 6.77. The zero-order valence-electron chi connectivity index (χ0n) is 10.5. The molecule has 98 valence electrons. The first-order valence-electron chi connectivity index (χ1n) is 5.92. The summed E-state index contributed by atoms with van der Waals surface area (Å²) in [6.07, 6.45) is 3.27. The van der Waals surface area contributed by atoms with E-state index in [2.05, 4.69) is 43.9 Å². The smallest absolute Gasteiger partial charge is 0.127 e. The van der Waals surface area contributed by atoms with Gasteiger partial charge in [-0.05, 0) is 43.6 Å². The van der Waals surface area contributed by atoms with Gasteiger partial charge in [-0.2, -0.15) is 11.8 Å². The minimum Gasteiger partial charge on any atom is -0.327 e. The van der Waals surface area contributed by atoms with E-state index in [9.17, 15) is 0 Å². The minimum absolute atomic E-state index is 0.0644. The van der Waals surface area contributed by atoms with Crippen LogP contribution in [0.25, 0.3) is 11.0 Å². The van der Waals surface area contributed by atoms with Gasteiger partial charge in [0.2, 0.25) is 0 Å². The molecule has 1 aromatic carbocycles. The van der Waals surface area contributed by atoms with Crippen molar-refractivity contribution in [3.8, 4) is 0 Å². The number of rotatable bonds is 5. The molecule has 1 aromatic heterocycles. The second-order valence-electron chi connectivity index (χ2n) is 4.22. The molecule has 0 amide bonds. The molecule has 1 atom stereocenters. The Hall–Kier alpha value is -0.190. The lowest BCUT2D eigenvalue weighted by atomic mass is 10.3. The summed E-state index contributed by atoms with van der Waals surface area (Å²) in [5.41, 5.74) is 2.18. The molecular weight excluding hydrogens is 332 g/mol. The van der Waals surface area contributed by atoms with Crippen LogP contribution in [0.2, 0.25) is 0 Å². The van der Waals surface area contributed by atoms with E-state index < -0.39 is 0 Å². The van der Waals surface area contributed by atoms with Gasteiger partial charge < -0.3 is 4.57 Å². The molecule has 0 N–H and O–H groups in total. The number of hydrogen-bond acceptors (Lipinski definition) is 2. The Morgan fingerprint density at radius 2 is 2.28 bits per heavy atom. The van der Waals surface area contributed by atoms with Gasteiger partial charge in [-0.15, -0.1) is 11.6 Å². The fourth-order valence-electron chi connectivity index (χ4n) is 2.03. The Kier molecular flexibility index (Phi) is 4.98. The molecule has 0 aliphatic carbocycles. The lowest BCUT2D eigenvalue weighted by Gasteiger charge is -2.09. The van der Waals surface area contributed by atoms with Crippen LogP contribution in [0.15, 0.2) is 22.7 Å². The van der Waals surface area contributed by atoms with Crippen molar-refractivity contribution in [3.63, 3.8) is 0 Å². The van der Waals surface area contributed by atoms with Crippen molar-refractivity contribution < 1.29 is 0 Å². The quantitative estimate of drug-likeness (QED) is 0.568. The topological polar surface area (TPSA) is 17.8 Å². The highest BCUT2D eigenvalue weighted by molar-refractivity contribution is 9.10. The van der Waals surface area contributed by atoms with Crippen molar-refractivity contribution in [3.05, 3.63) is 28.5 Å². The second kappa shape index (κ2) is 6.31. The van der Waals surface area contributed by atoms with E-state index in [-0.39, 0.29) is 5.38 Å². The van der Waals surface area contributed by atoms with Crippen LogP contribution in [0, 0.1) is 0 Å². The Morgan fingerprint density at radius 1 is 1.50 bits per heavy atom. The first kappa shape index (κ1) is 14.2. The van der Waals surface area contributed by atoms with Crippen molar-refractivity contribution in [1.29, 1.82) is 0 Å². The molecule has 2 aromatic rings. The molecule has 0 spiro atoms. The number of thioether (sulfide) groups is 1. The van der Waals surface area contributed by atoms with Crippen LogP contribution in [0.1, 0.15) is 24.5 Å². The van der Waals surface area contributed by atoms with Crippen LogP contribution in [-0.4, -0.2) is 21.6 Å². The Balaban J connectivity index is 2.42. The van der Waals surface area contributed by atoms with Gasteiger partial charge in [0.15, 0.2) is 0 Å². The number of fused-ring (bicyclic) bond motifs is 1. The molecule has 0 fully saturated rings. The van der Waals surface area contributed by atoms with Gasteiger partial charge >= 0.3 is 0 Å². The number of nitrogens with zero attached hydrogens (tertiary/aromatic N) is 2. The van der Waals surface area contributed by atoms with Crippen LogP contribution >= 0.6 is 39.3 Å². The fraction of sp³-hybridized carbons (Fsp3) is 0.462. The average Bonchev–Trinajstić information content (AvgIpc) is 2.68. The molecule has 0 saturated heterocycles. The average molecular weight is 348 g/mol. The number of aryl methyl sites for hydroxylation is 1. The van der Waals surface area contributed by atoms with Gasteiger partial charge in [0.25, 0.3) is 0 Å². The van der Waals surface area contributed by atoms with Gasteiger partial charge in [-0.25, -0.2) is 4.98 Å². The number of imidazole rings is 1. The molecule has 0 saturated carbocycles. The summed E-state index contributed by atoms with van der Waals surface area (Å²) < 4.78 is 3.30. The predicted molar refractivity (Wildman–Crippen MR) is 84.7 cm³/mol. The van der Waals surface area contributed by atoms with Crippen molar-refractivity contribution in [2.45, 2.75) is 25.3 Å². The van der Waals surface area contributed by atoms with Crippen LogP contribution in [0.4, 0.5) is 0 Å². The zero-order valence-corrected chi connectivity index (χ0v) is 13.6. The molecule has 2 rings (SSSR count). The third-order valence-electron chi connectivity index (χ3n) is 2.83. The monoisotopic (exact) mass is 346 g/mol. The minimum atomic E-state index is -0.0644. The molecule has 2 nitrogen and oxygen atoms in total. The summed E-state index contributed by atoms with van der Waals surface area (Å²) in [5.74, 6) is 2.12. The van der Waals surface area contributed by atoms with Crippen molar-refractivity contribution in [1.82, 2.24) is 9.55 Å². The molecule has 1 heterocycles. The first-order valence-corrected chi connectivity index (χ1v) is 8.54. The molecule has 0 aliphatic heterocycles. The molecule has 0 aliphatic rings. The standard InChI is InChI=1S/C13H16BrClN2S/c1-9(15)13-16-11-8-10(14)4-5-12(11)17(13)6-3-7-18-2/h4-5,8-9H,3,6-7H2,1-2H3. The van der Waals surface area contributed by atoms with E-state index >= 15 is 0 Å². The lowest BCUT2D eigenvalue weighted by Crippen LogP contribution is -2.05. The van der Waals surface area contributed by atoms with Gasteiger partial charge in [-0.1, -0.05) is 15.9 Å². The summed E-state index contributed by atoms with van der Waals surface area (Å²) in [6, 6.07) is 6.20. The largest absolute Gasteiger partial charge is 0.327 e.